The monoisotopic (exact) mass is 318 g/mol. The summed E-state index contributed by atoms with van der Waals surface area (Å²) in [5.41, 5.74) is 0. The molecular weight excluding hydrogens is 299 g/mol. The minimum atomic E-state index is 0. The maximum Gasteiger partial charge on any atom is 0.260 e. The van der Waals surface area contributed by atoms with Crippen molar-refractivity contribution < 1.29 is 9.53 Å². The Hall–Kier alpha value is -0.970. The summed E-state index contributed by atoms with van der Waals surface area (Å²) in [6.45, 7) is 1.75. The third kappa shape index (κ3) is 4.54. The van der Waals surface area contributed by atoms with Gasteiger partial charge in [-0.1, -0.05) is 11.6 Å². The van der Waals surface area contributed by atoms with Gasteiger partial charge >= 0.3 is 0 Å². The van der Waals surface area contributed by atoms with Crippen LogP contribution in [0.3, 0.4) is 0 Å². The van der Waals surface area contributed by atoms with Crippen molar-refractivity contribution >= 4 is 29.9 Å². The summed E-state index contributed by atoms with van der Waals surface area (Å²) in [4.78, 5) is 14.0. The van der Waals surface area contributed by atoms with Crippen LogP contribution in [0.1, 0.15) is 12.8 Å². The van der Waals surface area contributed by atoms with Crippen molar-refractivity contribution in [2.45, 2.75) is 18.9 Å². The lowest BCUT2D eigenvalue weighted by Crippen LogP contribution is -2.43. The molecule has 1 aliphatic rings. The Morgan fingerprint density at radius 1 is 1.45 bits per heavy atom. The lowest BCUT2D eigenvalue weighted by Gasteiger charge is -2.24. The summed E-state index contributed by atoms with van der Waals surface area (Å²) in [5.74, 6) is 0.717. The van der Waals surface area contributed by atoms with E-state index >= 15 is 0 Å². The topological polar surface area (TPSA) is 41.6 Å². The van der Waals surface area contributed by atoms with E-state index in [1.165, 1.54) is 0 Å². The first kappa shape index (κ1) is 17.1. The molecule has 6 heteroatoms. The van der Waals surface area contributed by atoms with Crippen LogP contribution in [0.4, 0.5) is 0 Å². The second kappa shape index (κ2) is 8.35. The molecule has 2 rings (SSSR count). The van der Waals surface area contributed by atoms with Crippen molar-refractivity contribution in [3.63, 3.8) is 0 Å². The third-order valence-corrected chi connectivity index (χ3v) is 3.57. The fourth-order valence-corrected chi connectivity index (χ4v) is 2.50. The van der Waals surface area contributed by atoms with Gasteiger partial charge in [0.25, 0.3) is 5.91 Å². The number of carbonyl (C=O) groups is 1. The molecule has 1 amide bonds. The number of benzene rings is 1. The van der Waals surface area contributed by atoms with Gasteiger partial charge in [0.05, 0.1) is 0 Å². The molecule has 1 heterocycles. The number of ether oxygens (including phenoxy) is 1. The van der Waals surface area contributed by atoms with Gasteiger partial charge in [-0.05, 0) is 44.2 Å². The van der Waals surface area contributed by atoms with Crippen LogP contribution in [0, 0.1) is 0 Å². The zero-order valence-corrected chi connectivity index (χ0v) is 13.0. The molecule has 0 spiro atoms. The summed E-state index contributed by atoms with van der Waals surface area (Å²) in [5, 5.41) is 3.78. The van der Waals surface area contributed by atoms with E-state index in [1.807, 2.05) is 11.9 Å². The summed E-state index contributed by atoms with van der Waals surface area (Å²) < 4.78 is 5.49. The number of carbonyl (C=O) groups excluding carboxylic acids is 1. The molecule has 20 heavy (non-hydrogen) atoms. The van der Waals surface area contributed by atoms with E-state index in [2.05, 4.69) is 5.32 Å². The Morgan fingerprint density at radius 2 is 2.15 bits per heavy atom. The second-order valence-electron chi connectivity index (χ2n) is 4.68. The molecule has 1 aromatic carbocycles. The van der Waals surface area contributed by atoms with Crippen LogP contribution in [0.25, 0.3) is 0 Å². The highest BCUT2D eigenvalue weighted by Gasteiger charge is 2.28. The second-order valence-corrected chi connectivity index (χ2v) is 5.12. The minimum absolute atomic E-state index is 0. The highest BCUT2D eigenvalue weighted by molar-refractivity contribution is 6.30. The van der Waals surface area contributed by atoms with Crippen molar-refractivity contribution in [3.05, 3.63) is 29.3 Å². The van der Waals surface area contributed by atoms with Crippen molar-refractivity contribution in [2.24, 2.45) is 0 Å². The van der Waals surface area contributed by atoms with Gasteiger partial charge in [0.2, 0.25) is 0 Å². The average molecular weight is 319 g/mol. The first-order valence-corrected chi connectivity index (χ1v) is 6.91. The van der Waals surface area contributed by atoms with Crippen LogP contribution in [0.5, 0.6) is 5.75 Å². The first-order valence-electron chi connectivity index (χ1n) is 6.53. The SMILES string of the molecule is CNCC1CCCN1C(=O)COc1ccc(Cl)cc1.Cl. The normalized spacial score (nSPS) is 17.7. The van der Waals surface area contributed by atoms with Gasteiger partial charge in [0, 0.05) is 24.2 Å². The predicted molar refractivity (Wildman–Crippen MR) is 82.9 cm³/mol. The molecule has 1 fully saturated rings. The number of nitrogens with one attached hydrogen (secondary N) is 1. The van der Waals surface area contributed by atoms with Gasteiger partial charge in [-0.3, -0.25) is 4.79 Å². The number of halogens is 2. The van der Waals surface area contributed by atoms with Crippen molar-refractivity contribution in [3.8, 4) is 5.75 Å². The number of hydrogen-bond donors (Lipinski definition) is 1. The summed E-state index contributed by atoms with van der Waals surface area (Å²) in [7, 11) is 1.91. The Kier molecular flexibility index (Phi) is 7.13. The minimum Gasteiger partial charge on any atom is -0.484 e. The standard InChI is InChI=1S/C14H19ClN2O2.ClH/c1-16-9-12-3-2-8-17(12)14(18)10-19-13-6-4-11(15)5-7-13;/h4-7,12,16H,2-3,8-10H2,1H3;1H. The van der Waals surface area contributed by atoms with E-state index in [1.54, 1.807) is 24.3 Å². The van der Waals surface area contributed by atoms with Crippen molar-refractivity contribution in [1.29, 1.82) is 0 Å². The Labute approximate surface area is 130 Å². The van der Waals surface area contributed by atoms with E-state index in [-0.39, 0.29) is 24.9 Å². The molecule has 1 unspecified atom stereocenters. The molecular formula is C14H20Cl2N2O2. The molecule has 1 N–H and O–H groups in total. The zero-order valence-electron chi connectivity index (χ0n) is 11.5. The van der Waals surface area contributed by atoms with Crippen LogP contribution in [0.2, 0.25) is 5.02 Å². The molecule has 1 aliphatic heterocycles. The molecule has 1 atom stereocenters. The van der Waals surface area contributed by atoms with Crippen molar-refractivity contribution in [1.82, 2.24) is 10.2 Å². The molecule has 4 nitrogen and oxygen atoms in total. The van der Waals surface area contributed by atoms with E-state index in [9.17, 15) is 4.79 Å². The smallest absolute Gasteiger partial charge is 0.260 e. The highest BCUT2D eigenvalue weighted by Crippen LogP contribution is 2.18. The van der Waals surface area contributed by atoms with Crippen LogP contribution < -0.4 is 10.1 Å². The van der Waals surface area contributed by atoms with Crippen molar-refractivity contribution in [2.75, 3.05) is 26.7 Å². The molecule has 0 radical (unpaired) electrons. The molecule has 0 saturated carbocycles. The Balaban J connectivity index is 0.00000200. The number of amides is 1. The fraction of sp³-hybridized carbons (Fsp3) is 0.500. The van der Waals surface area contributed by atoms with Crippen LogP contribution in [0.15, 0.2) is 24.3 Å². The van der Waals surface area contributed by atoms with Crippen LogP contribution in [-0.4, -0.2) is 43.6 Å². The number of likely N-dealkylation sites (N-methyl/N-ethyl adjacent to an activating group) is 1. The number of hydrogen-bond acceptors (Lipinski definition) is 3. The Bertz CT molecular complexity index is 426. The van der Waals surface area contributed by atoms with E-state index in [0.717, 1.165) is 25.9 Å². The average Bonchev–Trinajstić information content (AvgIpc) is 2.86. The quantitative estimate of drug-likeness (QED) is 0.906. The lowest BCUT2D eigenvalue weighted by molar-refractivity contribution is -0.134. The van der Waals surface area contributed by atoms with E-state index in [0.29, 0.717) is 16.8 Å². The van der Waals surface area contributed by atoms with Crippen LogP contribution >= 0.6 is 24.0 Å². The first-order chi connectivity index (χ1) is 9.20. The Morgan fingerprint density at radius 3 is 2.80 bits per heavy atom. The molecule has 1 aromatic rings. The number of nitrogens with zero attached hydrogens (tertiary/aromatic N) is 1. The van der Waals surface area contributed by atoms with E-state index < -0.39 is 0 Å². The van der Waals surface area contributed by atoms with Gasteiger partial charge in [0.15, 0.2) is 6.61 Å². The van der Waals surface area contributed by atoms with Gasteiger partial charge < -0.3 is 15.0 Å². The number of likely N-dealkylation sites (tertiary alicyclic amines) is 1. The van der Waals surface area contributed by atoms with Gasteiger partial charge in [-0.15, -0.1) is 12.4 Å². The van der Waals surface area contributed by atoms with Gasteiger partial charge in [-0.2, -0.15) is 0 Å². The molecule has 112 valence electrons. The van der Waals surface area contributed by atoms with Gasteiger partial charge in [-0.25, -0.2) is 0 Å². The molecule has 0 aliphatic carbocycles. The molecule has 1 saturated heterocycles. The largest absolute Gasteiger partial charge is 0.484 e. The number of rotatable bonds is 5. The van der Waals surface area contributed by atoms with E-state index in [4.69, 9.17) is 16.3 Å². The third-order valence-electron chi connectivity index (χ3n) is 3.31. The fourth-order valence-electron chi connectivity index (χ4n) is 2.37. The molecule has 0 aromatic heterocycles. The molecule has 0 bridgehead atoms. The van der Waals surface area contributed by atoms with Gasteiger partial charge in [0.1, 0.15) is 5.75 Å². The lowest BCUT2D eigenvalue weighted by atomic mass is 10.2. The maximum atomic E-state index is 12.1. The highest BCUT2D eigenvalue weighted by atomic mass is 35.5. The maximum absolute atomic E-state index is 12.1. The summed E-state index contributed by atoms with van der Waals surface area (Å²) in [6, 6.07) is 7.34. The zero-order chi connectivity index (χ0) is 13.7. The predicted octanol–water partition coefficient (Wildman–Crippen LogP) is 2.35. The summed E-state index contributed by atoms with van der Waals surface area (Å²) in [6.07, 6.45) is 2.13. The summed E-state index contributed by atoms with van der Waals surface area (Å²) >= 11 is 5.79. The van der Waals surface area contributed by atoms with Crippen LogP contribution in [-0.2, 0) is 4.79 Å².